The molecular formula is C19H21N3O5. The fourth-order valence-electron chi connectivity index (χ4n) is 2.59. The van der Waals surface area contributed by atoms with Crippen LogP contribution in [0.1, 0.15) is 41.7 Å². The predicted octanol–water partition coefficient (Wildman–Crippen LogP) is 2.99. The molecule has 0 radical (unpaired) electrons. The van der Waals surface area contributed by atoms with Gasteiger partial charge in [0.1, 0.15) is 0 Å². The summed E-state index contributed by atoms with van der Waals surface area (Å²) in [4.78, 5) is 34.3. The third-order valence-corrected chi connectivity index (χ3v) is 3.91. The van der Waals surface area contributed by atoms with Gasteiger partial charge in [0.2, 0.25) is 0 Å². The van der Waals surface area contributed by atoms with E-state index in [1.54, 1.807) is 0 Å². The highest BCUT2D eigenvalue weighted by molar-refractivity contribution is 5.96. The summed E-state index contributed by atoms with van der Waals surface area (Å²) in [6.07, 6.45) is 1.62. The van der Waals surface area contributed by atoms with Gasteiger partial charge in [0.25, 0.3) is 11.6 Å². The van der Waals surface area contributed by atoms with Crippen LogP contribution < -0.4 is 11.1 Å². The van der Waals surface area contributed by atoms with Crippen LogP contribution >= 0.6 is 0 Å². The third kappa shape index (κ3) is 5.53. The lowest BCUT2D eigenvalue weighted by Crippen LogP contribution is -2.32. The highest BCUT2D eigenvalue weighted by atomic mass is 16.6. The first kappa shape index (κ1) is 19.9. The van der Waals surface area contributed by atoms with Crippen molar-refractivity contribution in [2.75, 3.05) is 12.3 Å². The van der Waals surface area contributed by atoms with E-state index >= 15 is 0 Å². The Morgan fingerprint density at radius 3 is 2.52 bits per heavy atom. The number of esters is 1. The number of ether oxygens (including phenoxy) is 1. The van der Waals surface area contributed by atoms with Gasteiger partial charge in [0, 0.05) is 12.1 Å². The lowest BCUT2D eigenvalue weighted by atomic mass is 10.0. The standard InChI is InChI=1S/C19H21N3O5/c1-2-6-17(13-7-4-3-5-8-13)21-18(23)12-27-19(24)15-10-9-14(22(25)26)11-16(15)20/h3-5,7-11,17H,2,6,12,20H2,1H3,(H,21,23). The van der Waals surface area contributed by atoms with Crippen LogP contribution in [0, 0.1) is 10.1 Å². The molecule has 142 valence electrons. The number of nitrogens with zero attached hydrogens (tertiary/aromatic N) is 1. The Labute approximate surface area is 156 Å². The number of nitrogens with two attached hydrogens (primary N) is 1. The maximum absolute atomic E-state index is 12.2. The molecule has 2 aromatic carbocycles. The average molecular weight is 371 g/mol. The number of hydrogen-bond acceptors (Lipinski definition) is 6. The van der Waals surface area contributed by atoms with Crippen LogP contribution in [-0.4, -0.2) is 23.4 Å². The molecule has 0 aliphatic rings. The molecule has 1 atom stereocenters. The quantitative estimate of drug-likeness (QED) is 0.318. The van der Waals surface area contributed by atoms with E-state index in [1.807, 2.05) is 37.3 Å². The summed E-state index contributed by atoms with van der Waals surface area (Å²) in [7, 11) is 0. The average Bonchev–Trinajstić information content (AvgIpc) is 2.66. The number of rotatable bonds is 8. The van der Waals surface area contributed by atoms with E-state index in [0.717, 1.165) is 30.5 Å². The van der Waals surface area contributed by atoms with E-state index < -0.39 is 23.4 Å². The van der Waals surface area contributed by atoms with E-state index in [0.29, 0.717) is 0 Å². The molecule has 0 saturated heterocycles. The predicted molar refractivity (Wildman–Crippen MR) is 100 cm³/mol. The van der Waals surface area contributed by atoms with Crippen molar-refractivity contribution in [2.24, 2.45) is 0 Å². The van der Waals surface area contributed by atoms with Crippen LogP contribution in [0.5, 0.6) is 0 Å². The van der Waals surface area contributed by atoms with Crippen molar-refractivity contribution in [2.45, 2.75) is 25.8 Å². The lowest BCUT2D eigenvalue weighted by Gasteiger charge is -2.18. The van der Waals surface area contributed by atoms with Gasteiger partial charge in [-0.3, -0.25) is 14.9 Å². The number of nitrogens with one attached hydrogen (secondary N) is 1. The number of nitrogen functional groups attached to an aromatic ring is 1. The van der Waals surface area contributed by atoms with Crippen LogP contribution in [0.2, 0.25) is 0 Å². The molecule has 0 saturated carbocycles. The number of amides is 1. The number of nitro benzene ring substituents is 1. The minimum absolute atomic E-state index is 0.0263. The molecule has 0 aliphatic carbocycles. The van der Waals surface area contributed by atoms with Crippen molar-refractivity contribution >= 4 is 23.3 Å². The van der Waals surface area contributed by atoms with Gasteiger partial charge in [0.15, 0.2) is 6.61 Å². The first-order valence-corrected chi connectivity index (χ1v) is 8.47. The number of non-ortho nitro benzene ring substituents is 1. The fourth-order valence-corrected chi connectivity index (χ4v) is 2.59. The summed E-state index contributed by atoms with van der Waals surface area (Å²) in [5.41, 5.74) is 6.29. The first-order valence-electron chi connectivity index (χ1n) is 8.47. The number of anilines is 1. The van der Waals surface area contributed by atoms with Crippen molar-refractivity contribution in [3.63, 3.8) is 0 Å². The van der Waals surface area contributed by atoms with Crippen molar-refractivity contribution in [1.29, 1.82) is 0 Å². The monoisotopic (exact) mass is 371 g/mol. The summed E-state index contributed by atoms with van der Waals surface area (Å²) in [6.45, 7) is 1.54. The molecule has 8 heteroatoms. The maximum Gasteiger partial charge on any atom is 0.340 e. The lowest BCUT2D eigenvalue weighted by molar-refractivity contribution is -0.384. The van der Waals surface area contributed by atoms with E-state index in [1.165, 1.54) is 6.07 Å². The van der Waals surface area contributed by atoms with E-state index in [2.05, 4.69) is 5.32 Å². The second-order valence-corrected chi connectivity index (χ2v) is 5.92. The van der Waals surface area contributed by atoms with Crippen LogP contribution in [-0.2, 0) is 9.53 Å². The van der Waals surface area contributed by atoms with Crippen LogP contribution in [0.25, 0.3) is 0 Å². The molecule has 0 bridgehead atoms. The Balaban J connectivity index is 1.96. The summed E-state index contributed by atoms with van der Waals surface area (Å²) in [5, 5.41) is 13.5. The Hall–Kier alpha value is -3.42. The largest absolute Gasteiger partial charge is 0.452 e. The van der Waals surface area contributed by atoms with Crippen LogP contribution in [0.15, 0.2) is 48.5 Å². The molecule has 27 heavy (non-hydrogen) atoms. The summed E-state index contributed by atoms with van der Waals surface area (Å²) in [5.74, 6) is -1.25. The van der Waals surface area contributed by atoms with E-state index in [-0.39, 0.29) is 23.0 Å². The minimum Gasteiger partial charge on any atom is -0.452 e. The summed E-state index contributed by atoms with van der Waals surface area (Å²) in [6, 6.07) is 12.8. The molecule has 2 rings (SSSR count). The molecule has 0 spiro atoms. The Morgan fingerprint density at radius 2 is 1.93 bits per heavy atom. The molecule has 0 aromatic heterocycles. The highest BCUT2D eigenvalue weighted by Gasteiger charge is 2.18. The topological polar surface area (TPSA) is 125 Å². The molecule has 1 unspecified atom stereocenters. The summed E-state index contributed by atoms with van der Waals surface area (Å²) < 4.78 is 4.99. The van der Waals surface area contributed by atoms with Crippen molar-refractivity contribution < 1.29 is 19.2 Å². The van der Waals surface area contributed by atoms with Gasteiger partial charge < -0.3 is 15.8 Å². The SMILES string of the molecule is CCCC(NC(=O)COC(=O)c1ccc([N+](=O)[O-])cc1N)c1ccccc1. The Morgan fingerprint density at radius 1 is 1.22 bits per heavy atom. The number of benzene rings is 2. The van der Waals surface area contributed by atoms with Gasteiger partial charge >= 0.3 is 5.97 Å². The molecule has 8 nitrogen and oxygen atoms in total. The molecule has 0 aliphatic heterocycles. The van der Waals surface area contributed by atoms with Gasteiger partial charge in [0.05, 0.1) is 22.2 Å². The zero-order valence-electron chi connectivity index (χ0n) is 14.9. The second-order valence-electron chi connectivity index (χ2n) is 5.92. The molecule has 0 fully saturated rings. The van der Waals surface area contributed by atoms with Gasteiger partial charge in [-0.25, -0.2) is 4.79 Å². The van der Waals surface area contributed by atoms with Crippen molar-refractivity contribution in [3.8, 4) is 0 Å². The molecule has 3 N–H and O–H groups in total. The van der Waals surface area contributed by atoms with E-state index in [9.17, 15) is 19.7 Å². The van der Waals surface area contributed by atoms with Crippen LogP contribution in [0.3, 0.4) is 0 Å². The Kier molecular flexibility index (Phi) is 6.87. The van der Waals surface area contributed by atoms with Gasteiger partial charge in [-0.1, -0.05) is 43.7 Å². The van der Waals surface area contributed by atoms with Crippen LogP contribution in [0.4, 0.5) is 11.4 Å². The molecular weight excluding hydrogens is 350 g/mol. The van der Waals surface area contributed by atoms with E-state index in [4.69, 9.17) is 10.5 Å². The van der Waals surface area contributed by atoms with Crippen molar-refractivity contribution in [1.82, 2.24) is 5.32 Å². The molecule has 2 aromatic rings. The summed E-state index contributed by atoms with van der Waals surface area (Å²) >= 11 is 0. The maximum atomic E-state index is 12.2. The number of carbonyl (C=O) groups is 2. The fraction of sp³-hybridized carbons (Fsp3) is 0.263. The zero-order chi connectivity index (χ0) is 19.8. The van der Waals surface area contributed by atoms with Gasteiger partial charge in [-0.2, -0.15) is 0 Å². The third-order valence-electron chi connectivity index (χ3n) is 3.91. The number of nitro groups is 1. The minimum atomic E-state index is -0.815. The highest BCUT2D eigenvalue weighted by Crippen LogP contribution is 2.21. The number of hydrogen-bond donors (Lipinski definition) is 2. The first-order chi connectivity index (χ1) is 12.9. The Bertz CT molecular complexity index is 823. The molecule has 1 amide bonds. The smallest absolute Gasteiger partial charge is 0.340 e. The number of carbonyl (C=O) groups excluding carboxylic acids is 2. The molecule has 0 heterocycles. The zero-order valence-corrected chi connectivity index (χ0v) is 14.9. The normalized spacial score (nSPS) is 11.4. The second kappa shape index (κ2) is 9.33. The van der Waals surface area contributed by atoms with Crippen molar-refractivity contribution in [3.05, 3.63) is 69.8 Å². The van der Waals surface area contributed by atoms with Gasteiger partial charge in [-0.15, -0.1) is 0 Å². The van der Waals surface area contributed by atoms with Gasteiger partial charge in [-0.05, 0) is 18.1 Å².